The largest absolute Gasteiger partial charge is 0.481 e. The van der Waals surface area contributed by atoms with Crippen molar-refractivity contribution < 1.29 is 9.90 Å². The van der Waals surface area contributed by atoms with E-state index in [0.717, 1.165) is 13.1 Å². The fourth-order valence-electron chi connectivity index (χ4n) is 1.66. The quantitative estimate of drug-likeness (QED) is 0.603. The van der Waals surface area contributed by atoms with Gasteiger partial charge in [-0.3, -0.25) is 4.79 Å². The summed E-state index contributed by atoms with van der Waals surface area (Å²) in [5.74, 6) is -0.720. The Labute approximate surface area is 72.6 Å². The number of carbonyl (C=O) groups is 1. The number of likely N-dealkylation sites (N-methyl/N-ethyl adjacent to an activating group) is 1. The van der Waals surface area contributed by atoms with Crippen LogP contribution in [0.5, 0.6) is 0 Å². The second-order valence-corrected chi connectivity index (χ2v) is 3.39. The highest BCUT2D eigenvalue weighted by molar-refractivity contribution is 5.67. The Kier molecular flexibility index (Phi) is 3.05. The van der Waals surface area contributed by atoms with E-state index in [0.29, 0.717) is 0 Å². The first-order valence-corrected chi connectivity index (χ1v) is 4.26. The number of piperazine rings is 1. The van der Waals surface area contributed by atoms with Crippen molar-refractivity contribution >= 4 is 5.97 Å². The molecule has 0 bridgehead atoms. The van der Waals surface area contributed by atoms with Crippen LogP contribution in [0.2, 0.25) is 0 Å². The number of carboxylic acids is 1. The molecule has 0 aromatic carbocycles. The molecule has 1 fully saturated rings. The molecule has 1 heterocycles. The maximum atomic E-state index is 10.5. The van der Waals surface area contributed by atoms with Gasteiger partial charge in [0.15, 0.2) is 0 Å². The van der Waals surface area contributed by atoms with Gasteiger partial charge in [0.25, 0.3) is 0 Å². The van der Waals surface area contributed by atoms with Gasteiger partial charge in [-0.05, 0) is 14.0 Å². The molecule has 1 saturated heterocycles. The highest BCUT2D eigenvalue weighted by Gasteiger charge is 2.27. The zero-order valence-corrected chi connectivity index (χ0v) is 7.58. The van der Waals surface area contributed by atoms with Crippen molar-refractivity contribution in [3.8, 4) is 0 Å². The van der Waals surface area contributed by atoms with Gasteiger partial charge < -0.3 is 15.3 Å². The second-order valence-electron chi connectivity index (χ2n) is 3.39. The molecular formula is C8H16N2O2. The number of hydrogen-bond acceptors (Lipinski definition) is 3. The minimum absolute atomic E-state index is 0.135. The van der Waals surface area contributed by atoms with Gasteiger partial charge >= 0.3 is 5.97 Å². The van der Waals surface area contributed by atoms with E-state index in [2.05, 4.69) is 10.2 Å². The predicted molar refractivity (Wildman–Crippen MR) is 46.1 cm³/mol. The molecule has 0 radical (unpaired) electrons. The summed E-state index contributed by atoms with van der Waals surface area (Å²) in [6.07, 6.45) is 0.227. The molecule has 0 aromatic heterocycles. The van der Waals surface area contributed by atoms with Crippen LogP contribution in [0, 0.1) is 0 Å². The van der Waals surface area contributed by atoms with Gasteiger partial charge in [0, 0.05) is 25.2 Å². The van der Waals surface area contributed by atoms with E-state index in [9.17, 15) is 4.79 Å². The van der Waals surface area contributed by atoms with Crippen molar-refractivity contribution in [1.82, 2.24) is 10.2 Å². The van der Waals surface area contributed by atoms with Crippen LogP contribution in [-0.2, 0) is 4.79 Å². The molecule has 1 rings (SSSR count). The molecule has 4 heteroatoms. The van der Waals surface area contributed by atoms with Crippen LogP contribution in [0.3, 0.4) is 0 Å². The fraction of sp³-hybridized carbons (Fsp3) is 0.875. The average molecular weight is 172 g/mol. The van der Waals surface area contributed by atoms with E-state index in [-0.39, 0.29) is 18.5 Å². The lowest BCUT2D eigenvalue weighted by Crippen LogP contribution is -2.55. The summed E-state index contributed by atoms with van der Waals surface area (Å²) in [6, 6.07) is 0.413. The first kappa shape index (κ1) is 9.48. The van der Waals surface area contributed by atoms with Crippen LogP contribution in [0.4, 0.5) is 0 Å². The van der Waals surface area contributed by atoms with E-state index in [1.807, 2.05) is 14.0 Å². The summed E-state index contributed by atoms with van der Waals surface area (Å²) in [6.45, 7) is 3.92. The number of nitrogens with one attached hydrogen (secondary N) is 1. The van der Waals surface area contributed by atoms with Gasteiger partial charge in [-0.25, -0.2) is 0 Å². The number of carboxylic acid groups (broad SMARTS) is 1. The molecule has 2 N–H and O–H groups in total. The van der Waals surface area contributed by atoms with Gasteiger partial charge in [0.05, 0.1) is 6.42 Å². The Bertz CT molecular complexity index is 162. The molecule has 0 amide bonds. The van der Waals surface area contributed by atoms with Crippen molar-refractivity contribution in [2.45, 2.75) is 25.4 Å². The van der Waals surface area contributed by atoms with E-state index < -0.39 is 5.97 Å². The predicted octanol–water partition coefficient (Wildman–Crippen LogP) is -0.247. The molecular weight excluding hydrogens is 156 g/mol. The van der Waals surface area contributed by atoms with Crippen molar-refractivity contribution in [1.29, 1.82) is 0 Å². The second kappa shape index (κ2) is 3.87. The molecule has 0 spiro atoms. The lowest BCUT2D eigenvalue weighted by molar-refractivity contribution is -0.138. The molecule has 1 aliphatic rings. The third kappa shape index (κ3) is 2.19. The van der Waals surface area contributed by atoms with E-state index in [1.165, 1.54) is 0 Å². The summed E-state index contributed by atoms with van der Waals surface area (Å²) in [4.78, 5) is 12.6. The van der Waals surface area contributed by atoms with Gasteiger partial charge in [-0.1, -0.05) is 0 Å². The molecule has 2 atom stereocenters. The Morgan fingerprint density at radius 1 is 1.75 bits per heavy atom. The summed E-state index contributed by atoms with van der Waals surface area (Å²) >= 11 is 0. The Hall–Kier alpha value is -0.610. The summed E-state index contributed by atoms with van der Waals surface area (Å²) < 4.78 is 0. The summed E-state index contributed by atoms with van der Waals surface area (Å²) in [5, 5.41) is 11.9. The Morgan fingerprint density at radius 2 is 2.42 bits per heavy atom. The third-order valence-corrected chi connectivity index (χ3v) is 2.46. The molecule has 70 valence electrons. The number of aliphatic carboxylic acids is 1. The van der Waals surface area contributed by atoms with Gasteiger partial charge in [-0.15, -0.1) is 0 Å². The van der Waals surface area contributed by atoms with Gasteiger partial charge in [-0.2, -0.15) is 0 Å². The SMILES string of the molecule is C[C@H]1NCCN(C)[C@H]1CC(=O)O. The lowest BCUT2D eigenvalue weighted by Gasteiger charge is -2.37. The summed E-state index contributed by atoms with van der Waals surface area (Å²) in [5.41, 5.74) is 0. The van der Waals surface area contributed by atoms with E-state index in [1.54, 1.807) is 0 Å². The monoisotopic (exact) mass is 172 g/mol. The third-order valence-electron chi connectivity index (χ3n) is 2.46. The molecule has 0 aliphatic carbocycles. The molecule has 4 nitrogen and oxygen atoms in total. The van der Waals surface area contributed by atoms with Crippen LogP contribution in [-0.4, -0.2) is 48.2 Å². The van der Waals surface area contributed by atoms with Gasteiger partial charge in [0.1, 0.15) is 0 Å². The smallest absolute Gasteiger partial charge is 0.304 e. The highest BCUT2D eigenvalue weighted by atomic mass is 16.4. The summed E-state index contributed by atoms with van der Waals surface area (Å²) in [7, 11) is 1.98. The van der Waals surface area contributed by atoms with E-state index >= 15 is 0 Å². The van der Waals surface area contributed by atoms with Crippen LogP contribution in [0.1, 0.15) is 13.3 Å². The fourth-order valence-corrected chi connectivity index (χ4v) is 1.66. The first-order chi connectivity index (χ1) is 5.61. The molecule has 0 aromatic rings. The topological polar surface area (TPSA) is 52.6 Å². The number of hydrogen-bond donors (Lipinski definition) is 2. The van der Waals surface area contributed by atoms with Crippen LogP contribution < -0.4 is 5.32 Å². The van der Waals surface area contributed by atoms with E-state index in [4.69, 9.17) is 5.11 Å². The normalized spacial score (nSPS) is 31.8. The Balaban J connectivity index is 2.50. The molecule has 12 heavy (non-hydrogen) atoms. The standard InChI is InChI=1S/C8H16N2O2/c1-6-7(5-8(11)12)10(2)4-3-9-6/h6-7,9H,3-5H2,1-2H3,(H,11,12)/t6-,7+/m1/s1. The molecule has 1 aliphatic heterocycles. The van der Waals surface area contributed by atoms with Crippen molar-refractivity contribution in [2.24, 2.45) is 0 Å². The zero-order chi connectivity index (χ0) is 9.14. The molecule has 0 unspecified atom stereocenters. The first-order valence-electron chi connectivity index (χ1n) is 4.26. The van der Waals surface area contributed by atoms with Gasteiger partial charge in [0.2, 0.25) is 0 Å². The van der Waals surface area contributed by atoms with Crippen molar-refractivity contribution in [3.63, 3.8) is 0 Å². The highest BCUT2D eigenvalue weighted by Crippen LogP contribution is 2.10. The van der Waals surface area contributed by atoms with Crippen LogP contribution in [0.25, 0.3) is 0 Å². The van der Waals surface area contributed by atoms with Crippen LogP contribution >= 0.6 is 0 Å². The van der Waals surface area contributed by atoms with Crippen molar-refractivity contribution in [2.75, 3.05) is 20.1 Å². The minimum Gasteiger partial charge on any atom is -0.481 e. The maximum Gasteiger partial charge on any atom is 0.304 e. The number of rotatable bonds is 2. The average Bonchev–Trinajstić information content (AvgIpc) is 1.97. The molecule has 0 saturated carbocycles. The minimum atomic E-state index is -0.720. The van der Waals surface area contributed by atoms with Crippen LogP contribution in [0.15, 0.2) is 0 Å². The number of nitrogens with zero attached hydrogens (tertiary/aromatic N) is 1. The Morgan fingerprint density at radius 3 is 2.92 bits per heavy atom. The zero-order valence-electron chi connectivity index (χ0n) is 7.58. The maximum absolute atomic E-state index is 10.5. The lowest BCUT2D eigenvalue weighted by atomic mass is 10.0. The van der Waals surface area contributed by atoms with Crippen molar-refractivity contribution in [3.05, 3.63) is 0 Å².